The van der Waals surface area contributed by atoms with Crippen LogP contribution in [-0.2, 0) is 9.59 Å². The number of carboxylic acid groups (broad SMARTS) is 1. The Balaban J connectivity index is 3.02. The SMILES string of the molecule is CC(=O)N[C@@H](CC(=O)O)c1ccc(Cl)cc1Br. The van der Waals surface area contributed by atoms with Gasteiger partial charge in [0, 0.05) is 16.4 Å². The van der Waals surface area contributed by atoms with E-state index in [0.717, 1.165) is 0 Å². The van der Waals surface area contributed by atoms with Crippen molar-refractivity contribution < 1.29 is 14.7 Å². The third-order valence-corrected chi connectivity index (χ3v) is 3.02. The Morgan fingerprint density at radius 3 is 2.65 bits per heavy atom. The second-order valence-corrected chi connectivity index (χ2v) is 4.81. The first-order chi connectivity index (χ1) is 7.90. The highest BCUT2D eigenvalue weighted by Crippen LogP contribution is 2.28. The monoisotopic (exact) mass is 319 g/mol. The molecule has 2 N–H and O–H groups in total. The standard InChI is InChI=1S/C11H11BrClNO3/c1-6(15)14-10(5-11(16)17)8-3-2-7(13)4-9(8)12/h2-4,10H,5H2,1H3,(H,14,15)(H,16,17)/t10-/m0/s1. The van der Waals surface area contributed by atoms with Crippen molar-refractivity contribution in [2.45, 2.75) is 19.4 Å². The second kappa shape index (κ2) is 6.02. The van der Waals surface area contributed by atoms with Gasteiger partial charge in [-0.1, -0.05) is 33.6 Å². The maximum atomic E-state index is 11.0. The van der Waals surface area contributed by atoms with Gasteiger partial charge in [-0.15, -0.1) is 0 Å². The van der Waals surface area contributed by atoms with Crippen LogP contribution in [0.1, 0.15) is 24.9 Å². The van der Waals surface area contributed by atoms with E-state index < -0.39 is 12.0 Å². The summed E-state index contributed by atoms with van der Waals surface area (Å²) >= 11 is 9.10. The zero-order valence-electron chi connectivity index (χ0n) is 9.04. The summed E-state index contributed by atoms with van der Waals surface area (Å²) in [4.78, 5) is 21.8. The number of carbonyl (C=O) groups is 2. The number of benzene rings is 1. The summed E-state index contributed by atoms with van der Waals surface area (Å²) < 4.78 is 0.671. The highest BCUT2D eigenvalue weighted by Gasteiger charge is 2.18. The van der Waals surface area contributed by atoms with E-state index in [1.807, 2.05) is 0 Å². The predicted octanol–water partition coefficient (Wildman–Crippen LogP) is 2.75. The van der Waals surface area contributed by atoms with Crippen molar-refractivity contribution in [3.63, 3.8) is 0 Å². The molecule has 1 aromatic rings. The van der Waals surface area contributed by atoms with Crippen molar-refractivity contribution in [1.29, 1.82) is 0 Å². The van der Waals surface area contributed by atoms with Gasteiger partial charge in [-0.2, -0.15) is 0 Å². The molecule has 0 aromatic heterocycles. The molecule has 0 aliphatic heterocycles. The van der Waals surface area contributed by atoms with Crippen molar-refractivity contribution in [3.8, 4) is 0 Å². The highest BCUT2D eigenvalue weighted by atomic mass is 79.9. The molecule has 0 heterocycles. The molecule has 0 aliphatic carbocycles. The largest absolute Gasteiger partial charge is 0.481 e. The lowest BCUT2D eigenvalue weighted by atomic mass is 10.0. The van der Waals surface area contributed by atoms with Crippen LogP contribution in [0.3, 0.4) is 0 Å². The van der Waals surface area contributed by atoms with Crippen LogP contribution in [-0.4, -0.2) is 17.0 Å². The first-order valence-electron chi connectivity index (χ1n) is 4.84. The first-order valence-corrected chi connectivity index (χ1v) is 6.01. The Morgan fingerprint density at radius 2 is 2.18 bits per heavy atom. The quantitative estimate of drug-likeness (QED) is 0.896. The van der Waals surface area contributed by atoms with Crippen molar-refractivity contribution >= 4 is 39.4 Å². The van der Waals surface area contributed by atoms with Gasteiger partial charge in [0.05, 0.1) is 12.5 Å². The van der Waals surface area contributed by atoms with E-state index in [9.17, 15) is 9.59 Å². The molecule has 0 spiro atoms. The van der Waals surface area contributed by atoms with E-state index in [-0.39, 0.29) is 12.3 Å². The molecule has 4 nitrogen and oxygen atoms in total. The van der Waals surface area contributed by atoms with E-state index in [2.05, 4.69) is 21.2 Å². The zero-order valence-corrected chi connectivity index (χ0v) is 11.4. The fourth-order valence-electron chi connectivity index (χ4n) is 1.44. The Hall–Kier alpha value is -1.07. The molecule has 1 amide bonds. The molecule has 1 atom stereocenters. The molecule has 0 fully saturated rings. The summed E-state index contributed by atoms with van der Waals surface area (Å²) in [6.07, 6.45) is -0.181. The molecule has 0 unspecified atom stereocenters. The Morgan fingerprint density at radius 1 is 1.53 bits per heavy atom. The minimum absolute atomic E-state index is 0.181. The van der Waals surface area contributed by atoms with Crippen molar-refractivity contribution in [2.24, 2.45) is 0 Å². The molecule has 0 saturated heterocycles. The number of halogens is 2. The lowest BCUT2D eigenvalue weighted by molar-refractivity contribution is -0.137. The average molecular weight is 321 g/mol. The molecule has 0 bridgehead atoms. The van der Waals surface area contributed by atoms with E-state index in [0.29, 0.717) is 15.1 Å². The molecular formula is C11H11BrClNO3. The number of hydrogen-bond acceptors (Lipinski definition) is 2. The topological polar surface area (TPSA) is 66.4 Å². The molecule has 17 heavy (non-hydrogen) atoms. The smallest absolute Gasteiger partial charge is 0.305 e. The van der Waals surface area contributed by atoms with Gasteiger partial charge in [0.1, 0.15) is 0 Å². The zero-order chi connectivity index (χ0) is 13.0. The number of amides is 1. The Kier molecular flexibility index (Phi) is 4.96. The van der Waals surface area contributed by atoms with Crippen LogP contribution in [0.25, 0.3) is 0 Å². The van der Waals surface area contributed by atoms with Gasteiger partial charge >= 0.3 is 5.97 Å². The Bertz CT molecular complexity index is 434. The Labute approximate surface area is 112 Å². The van der Waals surface area contributed by atoms with Crippen LogP contribution in [0.15, 0.2) is 22.7 Å². The van der Waals surface area contributed by atoms with Crippen LogP contribution in [0.2, 0.25) is 5.02 Å². The minimum atomic E-state index is -0.981. The molecule has 0 aliphatic rings. The lowest BCUT2D eigenvalue weighted by Crippen LogP contribution is -2.28. The summed E-state index contributed by atoms with van der Waals surface area (Å²) in [5.74, 6) is -1.26. The van der Waals surface area contributed by atoms with E-state index >= 15 is 0 Å². The maximum absolute atomic E-state index is 11.0. The lowest BCUT2D eigenvalue weighted by Gasteiger charge is -2.17. The summed E-state index contributed by atoms with van der Waals surface area (Å²) in [5.41, 5.74) is 0.687. The van der Waals surface area contributed by atoms with Crippen molar-refractivity contribution in [3.05, 3.63) is 33.3 Å². The minimum Gasteiger partial charge on any atom is -0.481 e. The van der Waals surface area contributed by atoms with Crippen LogP contribution in [0, 0.1) is 0 Å². The third kappa shape index (κ3) is 4.36. The molecule has 6 heteroatoms. The van der Waals surface area contributed by atoms with Crippen LogP contribution >= 0.6 is 27.5 Å². The molecule has 92 valence electrons. The predicted molar refractivity (Wildman–Crippen MR) is 68.0 cm³/mol. The summed E-state index contributed by atoms with van der Waals surface area (Å²) in [6, 6.07) is 4.43. The summed E-state index contributed by atoms with van der Waals surface area (Å²) in [6.45, 7) is 1.35. The third-order valence-electron chi connectivity index (χ3n) is 2.09. The van der Waals surface area contributed by atoms with Crippen LogP contribution in [0.4, 0.5) is 0 Å². The summed E-state index contributed by atoms with van der Waals surface area (Å²) in [5, 5.41) is 11.9. The maximum Gasteiger partial charge on any atom is 0.305 e. The molecular weight excluding hydrogens is 309 g/mol. The van der Waals surface area contributed by atoms with Crippen LogP contribution < -0.4 is 5.32 Å². The second-order valence-electron chi connectivity index (χ2n) is 3.52. The first kappa shape index (κ1) is 14.0. The fourth-order valence-corrected chi connectivity index (χ4v) is 2.40. The average Bonchev–Trinajstić information content (AvgIpc) is 2.14. The number of carboxylic acids is 1. The normalized spacial score (nSPS) is 11.9. The molecule has 1 rings (SSSR count). The van der Waals surface area contributed by atoms with E-state index in [1.165, 1.54) is 6.92 Å². The highest BCUT2D eigenvalue weighted by molar-refractivity contribution is 9.10. The van der Waals surface area contributed by atoms with Gasteiger partial charge in [0.15, 0.2) is 0 Å². The molecule has 1 aromatic carbocycles. The van der Waals surface area contributed by atoms with Crippen molar-refractivity contribution in [2.75, 3.05) is 0 Å². The van der Waals surface area contributed by atoms with E-state index in [4.69, 9.17) is 16.7 Å². The summed E-state index contributed by atoms with van der Waals surface area (Å²) in [7, 11) is 0. The number of rotatable bonds is 4. The fraction of sp³-hybridized carbons (Fsp3) is 0.273. The van der Waals surface area contributed by atoms with Gasteiger partial charge in [-0.05, 0) is 17.7 Å². The van der Waals surface area contributed by atoms with Gasteiger partial charge in [0.25, 0.3) is 0 Å². The molecule has 0 saturated carbocycles. The number of carbonyl (C=O) groups excluding carboxylic acids is 1. The van der Waals surface area contributed by atoms with Gasteiger partial charge in [-0.3, -0.25) is 9.59 Å². The number of hydrogen-bond donors (Lipinski definition) is 2. The number of nitrogens with one attached hydrogen (secondary N) is 1. The van der Waals surface area contributed by atoms with Crippen molar-refractivity contribution in [1.82, 2.24) is 5.32 Å². The number of aliphatic carboxylic acids is 1. The van der Waals surface area contributed by atoms with Gasteiger partial charge in [-0.25, -0.2) is 0 Å². The van der Waals surface area contributed by atoms with Gasteiger partial charge < -0.3 is 10.4 Å². The van der Waals surface area contributed by atoms with E-state index in [1.54, 1.807) is 18.2 Å². The molecule has 0 radical (unpaired) electrons. The van der Waals surface area contributed by atoms with Gasteiger partial charge in [0.2, 0.25) is 5.91 Å². The van der Waals surface area contributed by atoms with Crippen LogP contribution in [0.5, 0.6) is 0 Å².